The molecule has 1 unspecified atom stereocenters. The fraction of sp³-hybridized carbons (Fsp3) is 0.300. The molecular weight excluding hydrogens is 358 g/mol. The highest BCUT2D eigenvalue weighted by Crippen LogP contribution is 2.39. The lowest BCUT2D eigenvalue weighted by atomic mass is 10.0. The fourth-order valence-corrected chi connectivity index (χ4v) is 3.63. The van der Waals surface area contributed by atoms with Crippen LogP contribution in [0.5, 0.6) is 11.5 Å². The Kier molecular flexibility index (Phi) is 4.92. The second-order valence-corrected chi connectivity index (χ2v) is 6.57. The van der Waals surface area contributed by atoms with Gasteiger partial charge in [0.2, 0.25) is 0 Å². The quantitative estimate of drug-likeness (QED) is 0.678. The van der Waals surface area contributed by atoms with E-state index in [1.165, 1.54) is 6.33 Å². The van der Waals surface area contributed by atoms with Crippen molar-refractivity contribution in [3.05, 3.63) is 59.9 Å². The third-order valence-corrected chi connectivity index (χ3v) is 5.04. The molecule has 1 atom stereocenters. The highest BCUT2D eigenvalue weighted by Gasteiger charge is 2.32. The Balaban J connectivity index is 1.59. The third kappa shape index (κ3) is 3.28. The SMILES string of the molecule is COc1ccc(C2CCCN2C(=O)c2ccc(-n3cnnn3)cc2)c(OC)c1. The summed E-state index contributed by atoms with van der Waals surface area (Å²) < 4.78 is 12.4. The van der Waals surface area contributed by atoms with Crippen molar-refractivity contribution in [2.75, 3.05) is 20.8 Å². The topological polar surface area (TPSA) is 82.4 Å². The van der Waals surface area contributed by atoms with Gasteiger partial charge in [-0.25, -0.2) is 4.68 Å². The molecule has 4 rings (SSSR count). The van der Waals surface area contributed by atoms with Crippen LogP contribution in [0.2, 0.25) is 0 Å². The van der Waals surface area contributed by atoms with Crippen molar-refractivity contribution in [2.45, 2.75) is 18.9 Å². The van der Waals surface area contributed by atoms with Gasteiger partial charge >= 0.3 is 0 Å². The number of aromatic nitrogens is 4. The average molecular weight is 379 g/mol. The second-order valence-electron chi connectivity index (χ2n) is 6.57. The molecule has 2 aromatic carbocycles. The van der Waals surface area contributed by atoms with Crippen LogP contribution >= 0.6 is 0 Å². The van der Waals surface area contributed by atoms with E-state index < -0.39 is 0 Å². The minimum atomic E-state index is -0.0208. The standard InChI is InChI=1S/C20H21N5O3/c1-27-16-9-10-17(19(12-16)28-2)18-4-3-11-24(18)20(26)14-5-7-15(8-6-14)25-13-21-22-23-25/h5-10,12-13,18H,3-4,11H2,1-2H3. The first-order valence-corrected chi connectivity index (χ1v) is 9.07. The van der Waals surface area contributed by atoms with E-state index in [0.717, 1.165) is 35.6 Å². The van der Waals surface area contributed by atoms with Gasteiger partial charge in [0.05, 0.1) is 25.9 Å². The van der Waals surface area contributed by atoms with Crippen LogP contribution in [0.25, 0.3) is 5.69 Å². The molecule has 1 aliphatic heterocycles. The first kappa shape index (κ1) is 18.0. The molecule has 1 aromatic heterocycles. The maximum absolute atomic E-state index is 13.2. The van der Waals surface area contributed by atoms with Gasteiger partial charge in [0.25, 0.3) is 5.91 Å². The van der Waals surface area contributed by atoms with Crippen LogP contribution in [0.15, 0.2) is 48.8 Å². The summed E-state index contributed by atoms with van der Waals surface area (Å²) in [4.78, 5) is 15.1. The highest BCUT2D eigenvalue weighted by molar-refractivity contribution is 5.95. The number of nitrogens with zero attached hydrogens (tertiary/aromatic N) is 5. The van der Waals surface area contributed by atoms with E-state index >= 15 is 0 Å². The number of likely N-dealkylation sites (tertiary alicyclic amines) is 1. The zero-order chi connectivity index (χ0) is 19.5. The Morgan fingerprint density at radius 2 is 1.93 bits per heavy atom. The lowest BCUT2D eigenvalue weighted by molar-refractivity contribution is 0.0734. The van der Waals surface area contributed by atoms with Crippen molar-refractivity contribution < 1.29 is 14.3 Å². The Morgan fingerprint density at radius 3 is 2.61 bits per heavy atom. The van der Waals surface area contributed by atoms with Crippen molar-refractivity contribution in [2.24, 2.45) is 0 Å². The Hall–Kier alpha value is -3.42. The molecule has 0 spiro atoms. The number of rotatable bonds is 5. The van der Waals surface area contributed by atoms with Crippen LogP contribution in [-0.4, -0.2) is 51.8 Å². The molecule has 3 aromatic rings. The van der Waals surface area contributed by atoms with Crippen LogP contribution in [0.4, 0.5) is 0 Å². The van der Waals surface area contributed by atoms with Crippen molar-refractivity contribution >= 4 is 5.91 Å². The van der Waals surface area contributed by atoms with Gasteiger partial charge in [-0.15, -0.1) is 5.10 Å². The third-order valence-electron chi connectivity index (χ3n) is 5.04. The number of hydrogen-bond donors (Lipinski definition) is 0. The maximum atomic E-state index is 13.2. The van der Waals surface area contributed by atoms with E-state index in [2.05, 4.69) is 15.5 Å². The Bertz CT molecular complexity index is 956. The number of carbonyl (C=O) groups is 1. The molecule has 144 valence electrons. The van der Waals surface area contributed by atoms with Crippen molar-refractivity contribution in [3.8, 4) is 17.2 Å². The molecule has 0 radical (unpaired) electrons. The Morgan fingerprint density at radius 1 is 1.11 bits per heavy atom. The minimum Gasteiger partial charge on any atom is -0.497 e. The Labute approximate surface area is 162 Å². The summed E-state index contributed by atoms with van der Waals surface area (Å²) in [5.74, 6) is 1.47. The molecular formula is C20H21N5O3. The summed E-state index contributed by atoms with van der Waals surface area (Å²) in [6, 6.07) is 13.0. The molecule has 8 nitrogen and oxygen atoms in total. The smallest absolute Gasteiger partial charge is 0.254 e. The predicted molar refractivity (Wildman–Crippen MR) is 102 cm³/mol. The molecule has 0 bridgehead atoms. The summed E-state index contributed by atoms with van der Waals surface area (Å²) in [5.41, 5.74) is 2.44. The summed E-state index contributed by atoms with van der Waals surface area (Å²) in [7, 11) is 3.26. The first-order chi connectivity index (χ1) is 13.7. The van der Waals surface area contributed by atoms with E-state index in [1.807, 2.05) is 35.2 Å². The van der Waals surface area contributed by atoms with Crippen LogP contribution < -0.4 is 9.47 Å². The molecule has 28 heavy (non-hydrogen) atoms. The van der Waals surface area contributed by atoms with Gasteiger partial charge in [-0.05, 0) is 59.7 Å². The predicted octanol–water partition coefficient (Wildman–Crippen LogP) is 2.66. The number of methoxy groups -OCH3 is 2. The zero-order valence-electron chi connectivity index (χ0n) is 15.8. The van der Waals surface area contributed by atoms with E-state index in [-0.39, 0.29) is 11.9 Å². The minimum absolute atomic E-state index is 0.00337. The second kappa shape index (κ2) is 7.67. The van der Waals surface area contributed by atoms with Crippen LogP contribution in [0, 0.1) is 0 Å². The molecule has 1 fully saturated rings. The van der Waals surface area contributed by atoms with Gasteiger partial charge in [0.1, 0.15) is 17.8 Å². The lowest BCUT2D eigenvalue weighted by Crippen LogP contribution is -2.30. The van der Waals surface area contributed by atoms with Crippen LogP contribution in [0.3, 0.4) is 0 Å². The summed E-state index contributed by atoms with van der Waals surface area (Å²) in [5, 5.41) is 11.1. The number of hydrogen-bond acceptors (Lipinski definition) is 6. The van der Waals surface area contributed by atoms with E-state index in [4.69, 9.17) is 9.47 Å². The van der Waals surface area contributed by atoms with Gasteiger partial charge in [0, 0.05) is 23.7 Å². The molecule has 8 heteroatoms. The lowest BCUT2D eigenvalue weighted by Gasteiger charge is -2.26. The maximum Gasteiger partial charge on any atom is 0.254 e. The molecule has 1 saturated heterocycles. The van der Waals surface area contributed by atoms with Crippen LogP contribution in [0.1, 0.15) is 34.8 Å². The van der Waals surface area contributed by atoms with E-state index in [0.29, 0.717) is 12.1 Å². The molecule has 1 amide bonds. The zero-order valence-corrected chi connectivity index (χ0v) is 15.8. The molecule has 0 aliphatic carbocycles. The van der Waals surface area contributed by atoms with Gasteiger partial charge in [-0.2, -0.15) is 0 Å². The highest BCUT2D eigenvalue weighted by atomic mass is 16.5. The molecule has 0 N–H and O–H groups in total. The number of benzene rings is 2. The first-order valence-electron chi connectivity index (χ1n) is 9.07. The monoisotopic (exact) mass is 379 g/mol. The molecule has 1 aliphatic rings. The van der Waals surface area contributed by atoms with E-state index in [1.54, 1.807) is 31.0 Å². The largest absolute Gasteiger partial charge is 0.497 e. The summed E-state index contributed by atoms with van der Waals surface area (Å²) in [6.07, 6.45) is 3.37. The summed E-state index contributed by atoms with van der Waals surface area (Å²) >= 11 is 0. The van der Waals surface area contributed by atoms with E-state index in [9.17, 15) is 4.79 Å². The van der Waals surface area contributed by atoms with Gasteiger partial charge < -0.3 is 14.4 Å². The normalized spacial score (nSPS) is 16.2. The van der Waals surface area contributed by atoms with Crippen molar-refractivity contribution in [1.82, 2.24) is 25.1 Å². The van der Waals surface area contributed by atoms with Crippen molar-refractivity contribution in [1.29, 1.82) is 0 Å². The number of amides is 1. The van der Waals surface area contributed by atoms with Crippen LogP contribution in [-0.2, 0) is 0 Å². The number of carbonyl (C=O) groups excluding carboxylic acids is 1. The van der Waals surface area contributed by atoms with Gasteiger partial charge in [0.15, 0.2) is 0 Å². The van der Waals surface area contributed by atoms with Crippen molar-refractivity contribution in [3.63, 3.8) is 0 Å². The fourth-order valence-electron chi connectivity index (χ4n) is 3.63. The molecule has 0 saturated carbocycles. The number of tetrazole rings is 1. The average Bonchev–Trinajstić information content (AvgIpc) is 3.45. The molecule has 2 heterocycles. The van der Waals surface area contributed by atoms with Gasteiger partial charge in [-0.3, -0.25) is 4.79 Å². The number of ether oxygens (including phenoxy) is 2. The van der Waals surface area contributed by atoms with Gasteiger partial charge in [-0.1, -0.05) is 0 Å². The summed E-state index contributed by atoms with van der Waals surface area (Å²) in [6.45, 7) is 0.716.